The molecule has 0 bridgehead atoms. The lowest BCUT2D eigenvalue weighted by molar-refractivity contribution is 0.558. The molecule has 0 fully saturated rings. The van der Waals surface area contributed by atoms with Crippen LogP contribution >= 0.6 is 41.2 Å². The molecule has 0 nitrogen and oxygen atoms in total. The highest BCUT2D eigenvalue weighted by molar-refractivity contribution is 9.26. The van der Waals surface area contributed by atoms with Crippen LogP contribution in [0.1, 0.15) is 70.6 Å². The van der Waals surface area contributed by atoms with Gasteiger partial charge in [0.2, 0.25) is 0 Å². The molecule has 116 valence electrons. The van der Waals surface area contributed by atoms with E-state index in [0.29, 0.717) is 0 Å². The summed E-state index contributed by atoms with van der Waals surface area (Å²) in [6.07, 6.45) is 22.2. The van der Waals surface area contributed by atoms with Crippen molar-refractivity contribution in [3.05, 3.63) is 23.6 Å². The molecular weight excluding hydrogens is 320 g/mol. The van der Waals surface area contributed by atoms with Gasteiger partial charge in [-0.3, -0.25) is 0 Å². The van der Waals surface area contributed by atoms with Crippen molar-refractivity contribution in [3.63, 3.8) is 0 Å². The van der Waals surface area contributed by atoms with Crippen LogP contribution < -0.4 is 0 Å². The minimum atomic E-state index is 1.24. The van der Waals surface area contributed by atoms with Gasteiger partial charge in [0.1, 0.15) is 0 Å². The predicted octanol–water partition coefficient (Wildman–Crippen LogP) is 8.04. The molecule has 0 N–H and O–H groups in total. The molecule has 0 aromatic carbocycles. The normalized spacial score (nSPS) is 25.6. The molecule has 0 saturated carbocycles. The molecule has 1 heterocycles. The van der Waals surface area contributed by atoms with Crippen molar-refractivity contribution in [2.75, 3.05) is 5.75 Å². The molecule has 0 radical (unpaired) electrons. The Morgan fingerprint density at radius 3 is 2.00 bits per heavy atom. The third kappa shape index (κ3) is 13.8. The fourth-order valence-electron chi connectivity index (χ4n) is 2.18. The third-order valence-corrected chi connectivity index (χ3v) is 9.40. The third-order valence-electron chi connectivity index (χ3n) is 3.34. The zero-order valence-corrected chi connectivity index (χ0v) is 15.7. The van der Waals surface area contributed by atoms with Crippen molar-refractivity contribution in [1.82, 2.24) is 0 Å². The van der Waals surface area contributed by atoms with Crippen molar-refractivity contribution in [2.24, 2.45) is 0 Å². The molecule has 0 spiro atoms. The molecule has 1 aliphatic rings. The summed E-state index contributed by atoms with van der Waals surface area (Å²) in [6, 6.07) is 0. The summed E-state index contributed by atoms with van der Waals surface area (Å²) < 4.78 is 0. The van der Waals surface area contributed by atoms with Crippen LogP contribution in [0, 0.1) is 0 Å². The van der Waals surface area contributed by atoms with Crippen LogP contribution in [0.3, 0.4) is 0 Å². The largest absolute Gasteiger partial charge is 0.0845 e. The van der Waals surface area contributed by atoms with Gasteiger partial charge in [0, 0.05) is 5.75 Å². The molecule has 0 aliphatic carbocycles. The first kappa shape index (κ1) is 18.9. The zero-order valence-electron chi connectivity index (χ0n) is 12.4. The summed E-state index contributed by atoms with van der Waals surface area (Å²) in [5, 5.41) is 2.19. The molecule has 1 rings (SSSR count). The van der Waals surface area contributed by atoms with E-state index in [4.69, 9.17) is 0 Å². The highest BCUT2D eigenvalue weighted by Gasteiger charge is 1.95. The number of allylic oxidation sites excluding steroid dienone is 3. The minimum absolute atomic E-state index is 1.24. The topological polar surface area (TPSA) is 0 Å². The molecule has 0 amide bonds. The van der Waals surface area contributed by atoms with Crippen LogP contribution in [0.25, 0.3) is 0 Å². The van der Waals surface area contributed by atoms with E-state index >= 15 is 0 Å². The maximum absolute atomic E-state index is 2.31. The quantitative estimate of drug-likeness (QED) is 0.406. The van der Waals surface area contributed by atoms with Gasteiger partial charge in [0.25, 0.3) is 0 Å². The van der Waals surface area contributed by atoms with Crippen LogP contribution in [-0.2, 0) is 0 Å². The van der Waals surface area contributed by atoms with Crippen LogP contribution in [0.4, 0.5) is 0 Å². The van der Waals surface area contributed by atoms with E-state index in [1.807, 2.05) is 41.2 Å². The first-order valence-corrected chi connectivity index (χ1v) is 13.0. The lowest BCUT2D eigenvalue weighted by Crippen LogP contribution is -1.83. The Kier molecular flexibility index (Phi) is 15.4. The predicted molar refractivity (Wildman–Crippen MR) is 104 cm³/mol. The average Bonchev–Trinajstić information content (AvgIpc) is 2.46. The van der Waals surface area contributed by atoms with E-state index in [9.17, 15) is 0 Å². The van der Waals surface area contributed by atoms with Crippen molar-refractivity contribution >= 4 is 41.2 Å². The van der Waals surface area contributed by atoms with Gasteiger partial charge in [-0.15, -0.1) is 0 Å². The molecule has 0 saturated heterocycles. The average molecular weight is 349 g/mol. The molecule has 20 heavy (non-hydrogen) atoms. The first-order valence-electron chi connectivity index (χ1n) is 7.93. The van der Waals surface area contributed by atoms with Crippen molar-refractivity contribution in [3.8, 4) is 0 Å². The summed E-state index contributed by atoms with van der Waals surface area (Å²) in [7, 11) is 7.64. The summed E-state index contributed by atoms with van der Waals surface area (Å²) >= 11 is 0. The van der Waals surface area contributed by atoms with E-state index in [1.165, 1.54) is 76.4 Å². The lowest BCUT2D eigenvalue weighted by Gasteiger charge is -2.02. The maximum Gasteiger partial charge on any atom is 0.00454 e. The highest BCUT2D eigenvalue weighted by Crippen LogP contribution is 2.43. The Bertz CT molecular complexity index is 225. The molecule has 0 aromatic heterocycles. The van der Waals surface area contributed by atoms with Crippen LogP contribution in [-0.4, -0.2) is 5.75 Å². The molecule has 1 aliphatic heterocycles. The summed E-state index contributed by atoms with van der Waals surface area (Å²) in [6.45, 7) is 0. The van der Waals surface area contributed by atoms with Gasteiger partial charge in [-0.1, -0.05) is 91.2 Å². The van der Waals surface area contributed by atoms with Crippen molar-refractivity contribution in [1.29, 1.82) is 0 Å². The first-order chi connectivity index (χ1) is 10.0. The smallest absolute Gasteiger partial charge is 0.00454 e. The van der Waals surface area contributed by atoms with Gasteiger partial charge in [0.05, 0.1) is 0 Å². The molecular formula is C16H28S4. The Balaban J connectivity index is 2.12. The molecule has 4 heteroatoms. The van der Waals surface area contributed by atoms with Crippen LogP contribution in [0.15, 0.2) is 23.6 Å². The standard InChI is InChI=1S/C16H28S4/c1-2-4-6-8-10-12-14-16-18-20-19-17-15-13-11-9-7-5-3-1/h9,11,13,15H,1-8,10,12,14,16H2/b11-9+,15-13-. The number of hydrogen-bond acceptors (Lipinski definition) is 4. The Hall–Kier alpha value is 0.880. The van der Waals surface area contributed by atoms with Gasteiger partial charge in [-0.05, 0) is 44.3 Å². The Labute approximate surface area is 141 Å². The summed E-state index contributed by atoms with van der Waals surface area (Å²) in [5.74, 6) is 1.31. The minimum Gasteiger partial charge on any atom is -0.0845 e. The summed E-state index contributed by atoms with van der Waals surface area (Å²) in [5.41, 5.74) is 0. The zero-order chi connectivity index (χ0) is 14.1. The molecule has 0 aromatic rings. The second-order valence-electron chi connectivity index (χ2n) is 5.14. The van der Waals surface area contributed by atoms with Gasteiger partial charge in [-0.2, -0.15) is 0 Å². The Morgan fingerprint density at radius 1 is 0.600 bits per heavy atom. The van der Waals surface area contributed by atoms with Gasteiger partial charge >= 0.3 is 0 Å². The SMILES string of the molecule is C1=C\SSSSCCCCCCCCCCCC/C=C/1. The highest BCUT2D eigenvalue weighted by atomic mass is 33.7. The number of rotatable bonds is 0. The van der Waals surface area contributed by atoms with E-state index in [-0.39, 0.29) is 0 Å². The van der Waals surface area contributed by atoms with E-state index in [2.05, 4.69) is 23.6 Å². The van der Waals surface area contributed by atoms with Gasteiger partial charge < -0.3 is 0 Å². The van der Waals surface area contributed by atoms with Crippen molar-refractivity contribution in [2.45, 2.75) is 70.6 Å². The second kappa shape index (κ2) is 16.3. The van der Waals surface area contributed by atoms with Crippen LogP contribution in [0.5, 0.6) is 0 Å². The van der Waals surface area contributed by atoms with Gasteiger partial charge in [0.15, 0.2) is 0 Å². The lowest BCUT2D eigenvalue weighted by atomic mass is 10.1. The van der Waals surface area contributed by atoms with Crippen LogP contribution in [0.2, 0.25) is 0 Å². The summed E-state index contributed by atoms with van der Waals surface area (Å²) in [4.78, 5) is 0. The monoisotopic (exact) mass is 348 g/mol. The van der Waals surface area contributed by atoms with Crippen molar-refractivity contribution < 1.29 is 0 Å². The second-order valence-corrected chi connectivity index (χ2v) is 11.1. The Morgan fingerprint density at radius 2 is 1.25 bits per heavy atom. The molecule has 0 unspecified atom stereocenters. The van der Waals surface area contributed by atoms with E-state index in [0.717, 1.165) is 0 Å². The molecule has 0 atom stereocenters. The van der Waals surface area contributed by atoms with Gasteiger partial charge in [-0.25, -0.2) is 0 Å². The maximum atomic E-state index is 2.31. The van der Waals surface area contributed by atoms with E-state index in [1.54, 1.807) is 0 Å². The fraction of sp³-hybridized carbons (Fsp3) is 0.750. The fourth-order valence-corrected chi connectivity index (χ4v) is 7.53. The number of hydrogen-bond donors (Lipinski definition) is 0. The van der Waals surface area contributed by atoms with E-state index < -0.39 is 0 Å².